The Labute approximate surface area is 217 Å². The topological polar surface area (TPSA) is 103 Å². The molecular formula is C25H34N3O6S2+. The fourth-order valence-electron chi connectivity index (χ4n) is 4.29. The lowest BCUT2D eigenvalue weighted by atomic mass is 10.2. The Balaban J connectivity index is 1.40. The van der Waals surface area contributed by atoms with Gasteiger partial charge in [-0.25, -0.2) is 14.2 Å². The van der Waals surface area contributed by atoms with Crippen LogP contribution in [0.25, 0.3) is 0 Å². The normalized spacial score (nSPS) is 20.1. The van der Waals surface area contributed by atoms with Crippen LogP contribution in [0, 0.1) is 0 Å². The van der Waals surface area contributed by atoms with Crippen molar-refractivity contribution in [1.82, 2.24) is 10.8 Å². The van der Waals surface area contributed by atoms with E-state index in [9.17, 15) is 13.2 Å². The number of morpholine rings is 1. The van der Waals surface area contributed by atoms with Crippen LogP contribution in [0.2, 0.25) is 0 Å². The van der Waals surface area contributed by atoms with Crippen LogP contribution < -0.4 is 10.8 Å². The molecule has 0 aromatic heterocycles. The summed E-state index contributed by atoms with van der Waals surface area (Å²) < 4.78 is 39.0. The fourth-order valence-corrected chi connectivity index (χ4v) is 7.54. The molecule has 0 spiro atoms. The number of rotatable bonds is 11. The Kier molecular flexibility index (Phi) is 9.77. The van der Waals surface area contributed by atoms with Gasteiger partial charge in [0.25, 0.3) is 5.91 Å². The number of nitrogens with one attached hydrogen (secondary N) is 2. The number of carbonyl (C=O) groups excluding carboxylic acids is 1. The second kappa shape index (κ2) is 13.0. The Morgan fingerprint density at radius 2 is 1.78 bits per heavy atom. The zero-order valence-electron chi connectivity index (χ0n) is 20.3. The van der Waals surface area contributed by atoms with E-state index in [-0.39, 0.29) is 16.3 Å². The molecule has 9 nitrogen and oxygen atoms in total. The maximum Gasteiger partial charge on any atom is 0.328 e. The highest BCUT2D eigenvalue weighted by molar-refractivity contribution is 8.00. The molecule has 1 unspecified atom stereocenters. The highest BCUT2D eigenvalue weighted by Gasteiger charge is 2.45. The van der Waals surface area contributed by atoms with Gasteiger partial charge in [0.1, 0.15) is 24.5 Å². The number of hydrogen-bond donors (Lipinski definition) is 2. The molecular weight excluding hydrogens is 502 g/mol. The first-order chi connectivity index (χ1) is 17.5. The lowest BCUT2D eigenvalue weighted by Crippen LogP contribution is -2.60. The van der Waals surface area contributed by atoms with Gasteiger partial charge in [-0.1, -0.05) is 42.1 Å². The maximum absolute atomic E-state index is 14.1. The monoisotopic (exact) mass is 536 g/mol. The molecule has 2 saturated heterocycles. The van der Waals surface area contributed by atoms with Gasteiger partial charge in [0.2, 0.25) is 0 Å². The van der Waals surface area contributed by atoms with Crippen LogP contribution in [-0.4, -0.2) is 77.0 Å². The van der Waals surface area contributed by atoms with Crippen molar-refractivity contribution in [2.45, 2.75) is 40.2 Å². The molecule has 2 aromatic carbocycles. The number of hydroxylamine groups is 1. The van der Waals surface area contributed by atoms with Gasteiger partial charge in [0.05, 0.1) is 19.8 Å². The van der Waals surface area contributed by atoms with E-state index >= 15 is 0 Å². The number of sulfonamides is 1. The van der Waals surface area contributed by atoms with Gasteiger partial charge in [0, 0.05) is 29.4 Å². The van der Waals surface area contributed by atoms with E-state index in [0.717, 1.165) is 24.2 Å². The predicted octanol–water partition coefficient (Wildman–Crippen LogP) is 2.54. The van der Waals surface area contributed by atoms with Crippen LogP contribution in [0.15, 0.2) is 69.3 Å². The standard InChI is InChI=1S/C25H33N3O6S2/c29-24(27-34-25-12-6-7-17-33-25)20-26-13-14-28(15-18-32-19-16-28)36(30,31)23-11-5-4-10-22(23)35-21-8-2-1-3-9-21/h1-5,8-11,25-26H,6-7,12-20H2/p+1. The van der Waals surface area contributed by atoms with Crippen molar-refractivity contribution in [3.63, 3.8) is 0 Å². The minimum absolute atomic E-state index is 0.0176. The zero-order chi connectivity index (χ0) is 25.3. The molecule has 36 heavy (non-hydrogen) atoms. The second-order valence-electron chi connectivity index (χ2n) is 8.79. The largest absolute Gasteiger partial charge is 0.370 e. The number of hydrogen-bond acceptors (Lipinski definition) is 8. The second-order valence-corrected chi connectivity index (χ2v) is 12.1. The fraction of sp³-hybridized carbons (Fsp3) is 0.480. The van der Waals surface area contributed by atoms with Crippen LogP contribution >= 0.6 is 11.8 Å². The van der Waals surface area contributed by atoms with E-state index in [1.165, 1.54) is 11.8 Å². The van der Waals surface area contributed by atoms with E-state index in [1.807, 2.05) is 42.5 Å². The van der Waals surface area contributed by atoms with Crippen molar-refractivity contribution >= 4 is 27.7 Å². The molecule has 2 aromatic rings. The van der Waals surface area contributed by atoms with E-state index < -0.39 is 16.3 Å². The van der Waals surface area contributed by atoms with Crippen LogP contribution in [-0.2, 0) is 29.1 Å². The quantitative estimate of drug-likeness (QED) is 0.257. The van der Waals surface area contributed by atoms with Crippen molar-refractivity contribution in [2.75, 3.05) is 52.5 Å². The first-order valence-electron chi connectivity index (χ1n) is 12.3. The average Bonchev–Trinajstić information content (AvgIpc) is 2.92. The SMILES string of the molecule is O=C(CNCC[N+]1(S(=O)(=O)c2ccccc2Sc2ccccc2)CCOCC1)NOC1CCCCO1. The number of carbonyl (C=O) groups is 1. The van der Waals surface area contributed by atoms with Gasteiger partial charge >= 0.3 is 10.0 Å². The number of nitrogens with zero attached hydrogens (tertiary/aromatic N) is 1. The summed E-state index contributed by atoms with van der Waals surface area (Å²) in [4.78, 5) is 19.4. The lowest BCUT2D eigenvalue weighted by Gasteiger charge is -2.39. The molecule has 1 atom stereocenters. The summed E-state index contributed by atoms with van der Waals surface area (Å²) in [5.41, 5.74) is 2.41. The molecule has 0 radical (unpaired) electrons. The van der Waals surface area contributed by atoms with Gasteiger partial charge in [0.15, 0.2) is 6.29 Å². The van der Waals surface area contributed by atoms with Crippen molar-refractivity contribution < 1.29 is 31.4 Å². The summed E-state index contributed by atoms with van der Waals surface area (Å²) in [6.07, 6.45) is 2.34. The van der Waals surface area contributed by atoms with Gasteiger partial charge in [-0.3, -0.25) is 4.79 Å². The summed E-state index contributed by atoms with van der Waals surface area (Å²) in [5.74, 6) is -0.329. The Bertz CT molecular complexity index is 1090. The van der Waals surface area contributed by atoms with Crippen LogP contribution in [0.1, 0.15) is 19.3 Å². The summed E-state index contributed by atoms with van der Waals surface area (Å²) >= 11 is 1.44. The highest BCUT2D eigenvalue weighted by Crippen LogP contribution is 2.36. The van der Waals surface area contributed by atoms with E-state index in [2.05, 4.69) is 10.8 Å². The summed E-state index contributed by atoms with van der Waals surface area (Å²) in [7, 11) is -3.74. The Morgan fingerprint density at radius 3 is 2.53 bits per heavy atom. The molecule has 2 aliphatic rings. The smallest absolute Gasteiger partial charge is 0.328 e. The van der Waals surface area contributed by atoms with E-state index in [1.54, 1.807) is 12.1 Å². The molecule has 1 amide bonds. The molecule has 2 N–H and O–H groups in total. The first kappa shape index (κ1) is 27.1. The molecule has 4 rings (SSSR count). The molecule has 196 valence electrons. The van der Waals surface area contributed by atoms with Crippen LogP contribution in [0.4, 0.5) is 0 Å². The molecule has 2 fully saturated rings. The first-order valence-corrected chi connectivity index (χ1v) is 14.5. The molecule has 2 aliphatic heterocycles. The third-order valence-corrected chi connectivity index (χ3v) is 10.0. The lowest BCUT2D eigenvalue weighted by molar-refractivity contribution is -0.815. The molecule has 2 heterocycles. The predicted molar refractivity (Wildman–Crippen MR) is 136 cm³/mol. The third kappa shape index (κ3) is 6.86. The summed E-state index contributed by atoms with van der Waals surface area (Å²) in [5, 5.41) is 3.06. The van der Waals surface area contributed by atoms with Crippen molar-refractivity contribution in [2.24, 2.45) is 0 Å². The van der Waals surface area contributed by atoms with Gasteiger partial charge in [-0.15, -0.1) is 0 Å². The highest BCUT2D eigenvalue weighted by atomic mass is 32.2. The molecule has 0 bridgehead atoms. The van der Waals surface area contributed by atoms with Crippen LogP contribution in [0.3, 0.4) is 0 Å². The van der Waals surface area contributed by atoms with Gasteiger partial charge in [-0.05, 0) is 37.1 Å². The van der Waals surface area contributed by atoms with Gasteiger partial charge in [-0.2, -0.15) is 8.42 Å². The zero-order valence-corrected chi connectivity index (χ0v) is 21.9. The van der Waals surface area contributed by atoms with E-state index in [0.29, 0.717) is 55.8 Å². The molecule has 11 heteroatoms. The minimum Gasteiger partial charge on any atom is -0.370 e. The average molecular weight is 537 g/mol. The minimum atomic E-state index is -3.74. The maximum atomic E-state index is 14.1. The van der Waals surface area contributed by atoms with Gasteiger partial charge < -0.3 is 14.8 Å². The molecule has 0 saturated carbocycles. The van der Waals surface area contributed by atoms with Crippen molar-refractivity contribution in [3.05, 3.63) is 54.6 Å². The molecule has 0 aliphatic carbocycles. The third-order valence-electron chi connectivity index (χ3n) is 6.32. The number of quaternary nitrogens is 1. The summed E-state index contributed by atoms with van der Waals surface area (Å²) in [6.45, 7) is 2.74. The number of benzene rings is 2. The summed E-state index contributed by atoms with van der Waals surface area (Å²) in [6, 6.07) is 16.9. The number of amides is 1. The van der Waals surface area contributed by atoms with E-state index in [4.69, 9.17) is 14.3 Å². The van der Waals surface area contributed by atoms with Crippen molar-refractivity contribution in [3.8, 4) is 0 Å². The Morgan fingerprint density at radius 1 is 1.03 bits per heavy atom. The van der Waals surface area contributed by atoms with Crippen molar-refractivity contribution in [1.29, 1.82) is 0 Å². The van der Waals surface area contributed by atoms with Crippen LogP contribution in [0.5, 0.6) is 0 Å². The number of ether oxygens (including phenoxy) is 2. The Hall–Kier alpha value is -1.99.